The molecule has 0 N–H and O–H groups in total. The van der Waals surface area contributed by atoms with E-state index < -0.39 is 83.3 Å². The molecular weight excluding hydrogens is 888 g/mol. The van der Waals surface area contributed by atoms with Crippen molar-refractivity contribution in [3.05, 3.63) is 102 Å². The molecule has 3 aromatic rings. The van der Waals surface area contributed by atoms with Gasteiger partial charge in [-0.15, -0.1) is 5.06 Å². The van der Waals surface area contributed by atoms with Crippen molar-refractivity contribution >= 4 is 65.9 Å². The molecule has 0 bridgehead atoms. The van der Waals surface area contributed by atoms with Crippen molar-refractivity contribution in [3.8, 4) is 0 Å². The number of aryl methyl sites for hydroxylation is 4. The fraction of sp³-hybridized carbons (Fsp3) is 0.385. The van der Waals surface area contributed by atoms with Crippen molar-refractivity contribution < 1.29 is 62.5 Å². The molecule has 2 aliphatic rings. The number of carbonyl (C=O) groups excluding carboxylic acids is 6. The zero-order valence-corrected chi connectivity index (χ0v) is 34.5. The maximum absolute atomic E-state index is 13.0. The quantitative estimate of drug-likeness (QED) is 0.0962. The molecule has 2 saturated heterocycles. The van der Waals surface area contributed by atoms with Crippen molar-refractivity contribution in [1.29, 1.82) is 0 Å². The Kier molecular flexibility index (Phi) is 15.5. The number of benzene rings is 3. The fourth-order valence-corrected chi connectivity index (χ4v) is 11.8. The summed E-state index contributed by atoms with van der Waals surface area (Å²) in [5, 5.41) is 1.10. The molecule has 5 rings (SSSR count). The van der Waals surface area contributed by atoms with Crippen LogP contribution in [0.25, 0.3) is 0 Å². The number of alkyl halides is 3. The molecule has 18 heteroatoms. The number of carbonyl (C=O) groups is 6. The number of rotatable bonds is 14. The van der Waals surface area contributed by atoms with E-state index >= 15 is 0 Å². The van der Waals surface area contributed by atoms with Gasteiger partial charge < -0.3 is 4.84 Å². The second-order valence-electron chi connectivity index (χ2n) is 13.5. The summed E-state index contributed by atoms with van der Waals surface area (Å²) >= 11 is -3.47. The van der Waals surface area contributed by atoms with Crippen molar-refractivity contribution in [2.75, 3.05) is 0 Å². The molecule has 0 aliphatic carbocycles. The van der Waals surface area contributed by atoms with Crippen LogP contribution in [0.3, 0.4) is 0 Å². The molecule has 3 aromatic carbocycles. The monoisotopic (exact) mass is 930 g/mol. The van der Waals surface area contributed by atoms with E-state index in [1.165, 1.54) is 17.7 Å². The molecule has 2 heterocycles. The number of hydrogen-bond donors (Lipinski definition) is 0. The average molecular weight is 931 g/mol. The van der Waals surface area contributed by atoms with Crippen LogP contribution in [0.15, 0.2) is 72.8 Å². The van der Waals surface area contributed by atoms with E-state index in [2.05, 4.69) is 0 Å². The summed E-state index contributed by atoms with van der Waals surface area (Å²) in [6, 6.07) is 20.8. The number of amides is 4. The molecule has 0 radical (unpaired) electrons. The number of imide groups is 2. The zero-order chi connectivity index (χ0) is 42.1. The summed E-state index contributed by atoms with van der Waals surface area (Å²) in [4.78, 5) is 80.0. The molecule has 0 saturated carbocycles. The van der Waals surface area contributed by atoms with E-state index in [1.807, 2.05) is 31.2 Å². The topological polar surface area (TPSA) is 171 Å². The summed E-state index contributed by atoms with van der Waals surface area (Å²) in [5.41, 5.74) is -1.60. The van der Waals surface area contributed by atoms with E-state index in [-0.39, 0.29) is 25.7 Å². The molecular formula is C39H42F3IN2O11S. The third kappa shape index (κ3) is 12.6. The second kappa shape index (κ2) is 19.6. The first-order chi connectivity index (χ1) is 26.7. The molecule has 2 atom stereocenters. The van der Waals surface area contributed by atoms with Crippen molar-refractivity contribution in [2.24, 2.45) is 11.8 Å². The van der Waals surface area contributed by atoms with Gasteiger partial charge in [0.05, 0.1) is 0 Å². The Morgan fingerprint density at radius 2 is 1.02 bits per heavy atom. The first kappa shape index (κ1) is 45.0. The minimum atomic E-state index is -5.79. The van der Waals surface area contributed by atoms with Gasteiger partial charge in [-0.05, 0) is 25.3 Å². The van der Waals surface area contributed by atoms with Crippen LogP contribution in [0.2, 0.25) is 0 Å². The van der Waals surface area contributed by atoms with Crippen molar-refractivity contribution in [3.63, 3.8) is 0 Å². The summed E-state index contributed by atoms with van der Waals surface area (Å²) < 4.78 is 67.9. The Balaban J connectivity index is 0.000000290. The van der Waals surface area contributed by atoms with Gasteiger partial charge in [0.25, 0.3) is 11.8 Å². The van der Waals surface area contributed by atoms with E-state index in [1.54, 1.807) is 57.2 Å². The third-order valence-corrected chi connectivity index (χ3v) is 15.7. The maximum atomic E-state index is 13.0. The van der Waals surface area contributed by atoms with Crippen LogP contribution in [-0.2, 0) is 63.9 Å². The van der Waals surface area contributed by atoms with Gasteiger partial charge in [-0.3, -0.25) is 9.59 Å². The minimum absolute atomic E-state index is 0.0141. The predicted molar refractivity (Wildman–Crippen MR) is 206 cm³/mol. The van der Waals surface area contributed by atoms with Crippen LogP contribution in [0.4, 0.5) is 13.2 Å². The summed E-state index contributed by atoms with van der Waals surface area (Å²) in [6.45, 7) is 7.02. The van der Waals surface area contributed by atoms with Crippen LogP contribution in [0.1, 0.15) is 74.6 Å². The number of halogens is 4. The molecule has 2 unspecified atom stereocenters. The molecule has 0 aromatic heterocycles. The van der Waals surface area contributed by atoms with Gasteiger partial charge in [0.15, 0.2) is 0 Å². The van der Waals surface area contributed by atoms with Crippen LogP contribution >= 0.6 is 20.2 Å². The SMILES string of the molecule is Cc1ccc(CCCC(=O)ON2C(=O)CC(C)C2=O)cc1.Cc1ccc(I(OS(=O)(=O)C(F)(F)F)c2ccc(CCCC(=O)ON3C(=O)CC(C)C3=O)cc2)cc1. The Bertz CT molecular complexity index is 2060. The molecule has 0 spiro atoms. The first-order valence-corrected chi connectivity index (χ1v) is 22.3. The third-order valence-electron chi connectivity index (χ3n) is 8.61. The van der Waals surface area contributed by atoms with Crippen LogP contribution < -0.4 is 0 Å². The van der Waals surface area contributed by atoms with E-state index in [4.69, 9.17) is 12.2 Å². The van der Waals surface area contributed by atoms with Crippen molar-refractivity contribution in [2.45, 2.75) is 84.6 Å². The normalized spacial score (nSPS) is 17.4. The van der Waals surface area contributed by atoms with Crippen molar-refractivity contribution in [1.82, 2.24) is 10.1 Å². The van der Waals surface area contributed by atoms with E-state index in [0.717, 1.165) is 23.1 Å². The van der Waals surface area contributed by atoms with Gasteiger partial charge in [-0.2, -0.15) is 0 Å². The Hall–Kier alpha value is -4.69. The molecule has 4 amide bonds. The molecule has 13 nitrogen and oxygen atoms in total. The Morgan fingerprint density at radius 1 is 0.667 bits per heavy atom. The van der Waals surface area contributed by atoms with Gasteiger partial charge in [0.2, 0.25) is 0 Å². The zero-order valence-electron chi connectivity index (χ0n) is 31.5. The first-order valence-electron chi connectivity index (χ1n) is 17.8. The van der Waals surface area contributed by atoms with E-state index in [9.17, 15) is 50.4 Å². The van der Waals surface area contributed by atoms with Gasteiger partial charge >= 0.3 is 213 Å². The standard InChI is InChI=1S/C23H23F3INO7S.C16H19NO4/c1-15-6-10-18(11-7-15)27(35-36(32,33)23(24,25)26)19-12-8-17(9-13-19)4-3-5-21(30)34-28-20(29)14-16(2)22(28)31;1-11-6-8-13(9-7-11)4-3-5-15(19)21-17-14(18)10-12(2)16(17)20/h6-13,16H,3-5,14H2,1-2H3;6-9,12H,3-5,10H2,1-2H3. The van der Waals surface area contributed by atoms with E-state index in [0.29, 0.717) is 36.5 Å². The number of hydroxylamine groups is 4. The average Bonchev–Trinajstić information content (AvgIpc) is 3.53. The fourth-order valence-electron chi connectivity index (χ4n) is 5.36. The van der Waals surface area contributed by atoms with Crippen LogP contribution in [-0.4, -0.2) is 59.6 Å². The van der Waals surface area contributed by atoms with Gasteiger partial charge in [-0.1, -0.05) is 43.7 Å². The Morgan fingerprint density at radius 3 is 1.37 bits per heavy atom. The molecule has 2 fully saturated rings. The molecule has 308 valence electrons. The van der Waals surface area contributed by atoms with Gasteiger partial charge in [-0.25, -0.2) is 4.79 Å². The summed E-state index contributed by atoms with van der Waals surface area (Å²) in [5.74, 6) is -4.24. The number of nitrogens with zero attached hydrogens (tertiary/aromatic N) is 2. The second-order valence-corrected chi connectivity index (χ2v) is 20.0. The molecule has 2 aliphatic heterocycles. The van der Waals surface area contributed by atoms with Gasteiger partial charge in [0, 0.05) is 18.8 Å². The predicted octanol–water partition coefficient (Wildman–Crippen LogP) is 6.67. The summed E-state index contributed by atoms with van der Waals surface area (Å²) in [7, 11) is -5.79. The van der Waals surface area contributed by atoms with Crippen LogP contribution in [0, 0.1) is 32.8 Å². The molecule has 57 heavy (non-hydrogen) atoms. The Labute approximate surface area is 335 Å². The van der Waals surface area contributed by atoms with Crippen LogP contribution in [0.5, 0.6) is 0 Å². The van der Waals surface area contributed by atoms with Gasteiger partial charge in [0.1, 0.15) is 0 Å². The number of hydrogen-bond acceptors (Lipinski definition) is 11. The summed E-state index contributed by atoms with van der Waals surface area (Å²) in [6.07, 6.45) is 2.30.